The molecule has 0 saturated carbocycles. The van der Waals surface area contributed by atoms with Gasteiger partial charge in [0.05, 0.1) is 19.3 Å². The molecule has 0 aromatic heterocycles. The summed E-state index contributed by atoms with van der Waals surface area (Å²) >= 11 is 0. The summed E-state index contributed by atoms with van der Waals surface area (Å²) in [5.41, 5.74) is 0.781. The Balaban J connectivity index is 2.68. The summed E-state index contributed by atoms with van der Waals surface area (Å²) in [7, 11) is 1.50. The number of esters is 1. The van der Waals surface area contributed by atoms with Crippen molar-refractivity contribution in [3.63, 3.8) is 0 Å². The molecule has 1 saturated heterocycles. The highest BCUT2D eigenvalue weighted by Crippen LogP contribution is 2.19. The Morgan fingerprint density at radius 1 is 1.59 bits per heavy atom. The molecular formula is C11H17NO5. The fourth-order valence-electron chi connectivity index (χ4n) is 1.73. The van der Waals surface area contributed by atoms with Crippen LogP contribution in [0.25, 0.3) is 0 Å². The Hall–Kier alpha value is -1.56. The molecule has 1 N–H and O–H groups in total. The molecule has 6 heteroatoms. The van der Waals surface area contributed by atoms with Crippen LogP contribution in [0, 0.1) is 0 Å². The molecule has 0 aromatic rings. The molecule has 0 radical (unpaired) electrons. The predicted octanol–water partition coefficient (Wildman–Crippen LogP) is 0.875. The van der Waals surface area contributed by atoms with Gasteiger partial charge in [-0.25, -0.2) is 9.59 Å². The van der Waals surface area contributed by atoms with Gasteiger partial charge in [-0.2, -0.15) is 0 Å². The third-order valence-corrected chi connectivity index (χ3v) is 2.62. The Labute approximate surface area is 99.8 Å². The fourth-order valence-corrected chi connectivity index (χ4v) is 1.73. The molecule has 1 amide bonds. The van der Waals surface area contributed by atoms with Gasteiger partial charge in [0.15, 0.2) is 0 Å². The lowest BCUT2D eigenvalue weighted by Gasteiger charge is -2.31. The fraction of sp³-hybridized carbons (Fsp3) is 0.636. The van der Waals surface area contributed by atoms with Gasteiger partial charge in [0, 0.05) is 19.7 Å². The third-order valence-electron chi connectivity index (χ3n) is 2.62. The van der Waals surface area contributed by atoms with Crippen LogP contribution in [-0.4, -0.2) is 55.0 Å². The summed E-state index contributed by atoms with van der Waals surface area (Å²) in [6, 6.07) is 0. The number of carbonyl (C=O) groups is 2. The van der Waals surface area contributed by atoms with Gasteiger partial charge in [0.25, 0.3) is 0 Å². The predicted molar refractivity (Wildman–Crippen MR) is 59.7 cm³/mol. The number of carboxylic acid groups (broad SMARTS) is 1. The van der Waals surface area contributed by atoms with Crippen molar-refractivity contribution < 1.29 is 24.2 Å². The Morgan fingerprint density at radius 2 is 2.29 bits per heavy atom. The van der Waals surface area contributed by atoms with Crippen LogP contribution in [0.4, 0.5) is 4.79 Å². The molecule has 1 rings (SSSR count). The molecule has 0 bridgehead atoms. The highest BCUT2D eigenvalue weighted by Gasteiger charge is 2.27. The maximum Gasteiger partial charge on any atom is 0.407 e. The Kier molecular flexibility index (Phi) is 4.96. The number of methoxy groups -OCH3 is 1. The van der Waals surface area contributed by atoms with Crippen LogP contribution in [0.1, 0.15) is 13.3 Å². The van der Waals surface area contributed by atoms with Crippen molar-refractivity contribution in [3.05, 3.63) is 11.6 Å². The van der Waals surface area contributed by atoms with E-state index < -0.39 is 12.1 Å². The van der Waals surface area contributed by atoms with Gasteiger partial charge in [0.2, 0.25) is 0 Å². The van der Waals surface area contributed by atoms with Crippen molar-refractivity contribution in [1.29, 1.82) is 0 Å². The average Bonchev–Trinajstić information content (AvgIpc) is 2.29. The first-order valence-electron chi connectivity index (χ1n) is 5.46. The summed E-state index contributed by atoms with van der Waals surface area (Å²) in [5, 5.41) is 8.86. The minimum absolute atomic E-state index is 0.247. The van der Waals surface area contributed by atoms with E-state index >= 15 is 0 Å². The molecule has 1 fully saturated rings. The first-order valence-corrected chi connectivity index (χ1v) is 5.46. The largest absolute Gasteiger partial charge is 0.465 e. The number of rotatable bonds is 3. The van der Waals surface area contributed by atoms with Gasteiger partial charge in [-0.1, -0.05) is 0 Å². The van der Waals surface area contributed by atoms with Crippen molar-refractivity contribution in [1.82, 2.24) is 4.90 Å². The number of hydrogen-bond donors (Lipinski definition) is 1. The summed E-state index contributed by atoms with van der Waals surface area (Å²) in [6.45, 7) is 2.68. The Morgan fingerprint density at radius 3 is 2.82 bits per heavy atom. The zero-order chi connectivity index (χ0) is 12.8. The van der Waals surface area contributed by atoms with Crippen LogP contribution in [0.3, 0.4) is 0 Å². The van der Waals surface area contributed by atoms with Crippen molar-refractivity contribution in [2.24, 2.45) is 0 Å². The topological polar surface area (TPSA) is 76.1 Å². The molecule has 0 aromatic carbocycles. The number of hydrogen-bond acceptors (Lipinski definition) is 4. The van der Waals surface area contributed by atoms with Crippen LogP contribution in [0.5, 0.6) is 0 Å². The van der Waals surface area contributed by atoms with Crippen LogP contribution < -0.4 is 0 Å². The van der Waals surface area contributed by atoms with Gasteiger partial charge in [-0.15, -0.1) is 0 Å². The van der Waals surface area contributed by atoms with E-state index in [4.69, 9.17) is 14.6 Å². The highest BCUT2D eigenvalue weighted by atomic mass is 16.5. The Bertz CT molecular complexity index is 326. The minimum Gasteiger partial charge on any atom is -0.465 e. The molecular weight excluding hydrogens is 226 g/mol. The summed E-state index contributed by atoms with van der Waals surface area (Å²) < 4.78 is 9.99. The van der Waals surface area contributed by atoms with Crippen LogP contribution in [0.15, 0.2) is 11.6 Å². The SMILES string of the molecule is CCOC(=O)C=C1CCN(C(=O)O)CC1OC. The molecule has 0 aliphatic carbocycles. The number of amides is 1. The lowest BCUT2D eigenvalue weighted by atomic mass is 10.0. The van der Waals surface area contributed by atoms with Crippen LogP contribution >= 0.6 is 0 Å². The van der Waals surface area contributed by atoms with Gasteiger partial charge in [0.1, 0.15) is 0 Å². The van der Waals surface area contributed by atoms with Crippen molar-refractivity contribution in [2.75, 3.05) is 26.8 Å². The first kappa shape index (κ1) is 13.5. The normalized spacial score (nSPS) is 22.6. The average molecular weight is 243 g/mol. The summed E-state index contributed by atoms with van der Waals surface area (Å²) in [4.78, 5) is 23.4. The summed E-state index contributed by atoms with van der Waals surface area (Å²) in [6.07, 6.45) is 0.548. The second-order valence-electron chi connectivity index (χ2n) is 3.67. The number of likely N-dealkylation sites (tertiary alicyclic amines) is 1. The van der Waals surface area contributed by atoms with Crippen molar-refractivity contribution in [3.8, 4) is 0 Å². The molecule has 1 unspecified atom stereocenters. The molecule has 1 aliphatic rings. The van der Waals surface area contributed by atoms with Gasteiger partial charge < -0.3 is 19.5 Å². The van der Waals surface area contributed by atoms with E-state index in [0.29, 0.717) is 19.6 Å². The van der Waals surface area contributed by atoms with Crippen LogP contribution in [-0.2, 0) is 14.3 Å². The molecule has 1 heterocycles. The second-order valence-corrected chi connectivity index (χ2v) is 3.67. The standard InChI is InChI=1S/C11H17NO5/c1-3-17-10(13)6-8-4-5-12(11(14)15)7-9(8)16-2/h6,9H,3-5,7H2,1-2H3,(H,14,15). The molecule has 96 valence electrons. The number of nitrogens with zero attached hydrogens (tertiary/aromatic N) is 1. The molecule has 6 nitrogen and oxygen atoms in total. The maximum atomic E-state index is 11.3. The second kappa shape index (κ2) is 6.24. The van der Waals surface area contributed by atoms with E-state index in [1.807, 2.05) is 0 Å². The molecule has 1 aliphatic heterocycles. The first-order chi connectivity index (χ1) is 8.08. The van der Waals surface area contributed by atoms with E-state index in [0.717, 1.165) is 5.57 Å². The van der Waals surface area contributed by atoms with Crippen molar-refractivity contribution >= 4 is 12.1 Å². The number of piperidine rings is 1. The maximum absolute atomic E-state index is 11.3. The van der Waals surface area contributed by atoms with E-state index in [1.165, 1.54) is 18.1 Å². The molecule has 17 heavy (non-hydrogen) atoms. The van der Waals surface area contributed by atoms with Gasteiger partial charge >= 0.3 is 12.1 Å². The van der Waals surface area contributed by atoms with Gasteiger partial charge in [-0.3, -0.25) is 0 Å². The smallest absolute Gasteiger partial charge is 0.407 e. The quantitative estimate of drug-likeness (QED) is 0.588. The zero-order valence-corrected chi connectivity index (χ0v) is 10.0. The van der Waals surface area contributed by atoms with E-state index in [-0.39, 0.29) is 12.6 Å². The molecule has 1 atom stereocenters. The van der Waals surface area contributed by atoms with E-state index in [9.17, 15) is 9.59 Å². The lowest BCUT2D eigenvalue weighted by Crippen LogP contribution is -2.43. The van der Waals surface area contributed by atoms with Gasteiger partial charge in [-0.05, 0) is 18.9 Å². The minimum atomic E-state index is -0.970. The lowest BCUT2D eigenvalue weighted by molar-refractivity contribution is -0.137. The number of carbonyl (C=O) groups excluding carboxylic acids is 1. The third kappa shape index (κ3) is 3.74. The van der Waals surface area contributed by atoms with Crippen LogP contribution in [0.2, 0.25) is 0 Å². The van der Waals surface area contributed by atoms with E-state index in [2.05, 4.69) is 0 Å². The number of ether oxygens (including phenoxy) is 2. The van der Waals surface area contributed by atoms with E-state index in [1.54, 1.807) is 6.92 Å². The zero-order valence-electron chi connectivity index (χ0n) is 10.0. The van der Waals surface area contributed by atoms with Crippen molar-refractivity contribution in [2.45, 2.75) is 19.4 Å². The summed E-state index contributed by atoms with van der Waals surface area (Å²) in [5.74, 6) is -0.409. The molecule has 0 spiro atoms. The highest BCUT2D eigenvalue weighted by molar-refractivity contribution is 5.83. The monoisotopic (exact) mass is 243 g/mol.